The van der Waals surface area contributed by atoms with Gasteiger partial charge in [0, 0.05) is 24.3 Å². The lowest BCUT2D eigenvalue weighted by Crippen LogP contribution is -2.36. The molecule has 0 amide bonds. The van der Waals surface area contributed by atoms with Crippen LogP contribution in [0.2, 0.25) is 0 Å². The maximum Gasteiger partial charge on any atom is 0.248 e. The van der Waals surface area contributed by atoms with E-state index in [4.69, 9.17) is 9.47 Å². The Kier molecular flexibility index (Phi) is 4.38. The third kappa shape index (κ3) is 3.06. The van der Waals surface area contributed by atoms with Gasteiger partial charge in [0.25, 0.3) is 0 Å². The Morgan fingerprint density at radius 1 is 1.06 bits per heavy atom. The number of benzene rings is 2. The highest BCUT2D eigenvalue weighted by molar-refractivity contribution is 5.83. The molecule has 0 radical (unpaired) electrons. The number of methoxy groups -OCH3 is 1. The minimum Gasteiger partial charge on any atom is -0.497 e. The van der Waals surface area contributed by atoms with Crippen LogP contribution in [0.5, 0.6) is 5.75 Å². The summed E-state index contributed by atoms with van der Waals surface area (Å²) in [6.45, 7) is 3.42. The second-order valence-corrected chi connectivity index (χ2v) is 8.09. The van der Waals surface area contributed by atoms with Crippen LogP contribution < -0.4 is 15.0 Å². The van der Waals surface area contributed by atoms with E-state index in [1.54, 1.807) is 7.11 Å². The summed E-state index contributed by atoms with van der Waals surface area (Å²) in [7, 11) is 1.71. The molecular formula is C23H24N6O2. The summed E-state index contributed by atoms with van der Waals surface area (Å²) in [5.41, 5.74) is 7.34. The molecule has 158 valence electrons. The van der Waals surface area contributed by atoms with Crippen LogP contribution in [0.3, 0.4) is 0 Å². The van der Waals surface area contributed by atoms with Gasteiger partial charge in [0.15, 0.2) is 0 Å². The van der Waals surface area contributed by atoms with Gasteiger partial charge < -0.3 is 19.7 Å². The number of ether oxygens (including phenoxy) is 2. The van der Waals surface area contributed by atoms with Crippen molar-refractivity contribution >= 4 is 17.3 Å². The molecule has 0 unspecified atom stereocenters. The summed E-state index contributed by atoms with van der Waals surface area (Å²) >= 11 is 0. The molecule has 31 heavy (non-hydrogen) atoms. The highest BCUT2D eigenvalue weighted by Crippen LogP contribution is 2.44. The largest absolute Gasteiger partial charge is 0.497 e. The monoisotopic (exact) mass is 416 g/mol. The minimum atomic E-state index is -0.0183. The van der Waals surface area contributed by atoms with Crippen molar-refractivity contribution in [3.05, 3.63) is 64.7 Å². The van der Waals surface area contributed by atoms with E-state index in [1.807, 2.05) is 10.7 Å². The number of nitrogens with one attached hydrogen (secondary N) is 1. The molecule has 0 saturated carbocycles. The first kappa shape index (κ1) is 18.4. The van der Waals surface area contributed by atoms with Gasteiger partial charge in [-0.3, -0.25) is 0 Å². The first-order valence-corrected chi connectivity index (χ1v) is 10.7. The van der Waals surface area contributed by atoms with Gasteiger partial charge in [0.1, 0.15) is 11.8 Å². The van der Waals surface area contributed by atoms with Gasteiger partial charge in [-0.1, -0.05) is 17.2 Å². The van der Waals surface area contributed by atoms with E-state index in [0.29, 0.717) is 5.95 Å². The zero-order valence-corrected chi connectivity index (χ0v) is 17.4. The van der Waals surface area contributed by atoms with E-state index < -0.39 is 0 Å². The Labute approximate surface area is 180 Å². The molecule has 3 aliphatic rings. The molecular weight excluding hydrogens is 392 g/mol. The van der Waals surface area contributed by atoms with Crippen LogP contribution in [-0.2, 0) is 11.2 Å². The van der Waals surface area contributed by atoms with Crippen molar-refractivity contribution in [2.45, 2.75) is 18.9 Å². The van der Waals surface area contributed by atoms with Crippen LogP contribution in [0.25, 0.3) is 5.70 Å². The summed E-state index contributed by atoms with van der Waals surface area (Å²) in [6.07, 6.45) is 1.91. The number of allylic oxidation sites excluding steroid dienone is 1. The van der Waals surface area contributed by atoms with Crippen LogP contribution in [0.1, 0.15) is 29.2 Å². The number of hydrogen-bond acceptors (Lipinski definition) is 7. The zero-order valence-electron chi connectivity index (χ0n) is 17.4. The fourth-order valence-electron chi connectivity index (χ4n) is 4.88. The summed E-state index contributed by atoms with van der Waals surface area (Å²) in [6, 6.07) is 15.1. The SMILES string of the molecule is COc1ccc2c(c1)CCC1=C2Nc2nnnn2[C@H]1c1ccc(N2CCOCC2)cc1. The molecule has 1 saturated heterocycles. The molecule has 0 bridgehead atoms. The van der Waals surface area contributed by atoms with Crippen molar-refractivity contribution in [3.8, 4) is 5.75 Å². The lowest BCUT2D eigenvalue weighted by Gasteiger charge is -2.34. The third-order valence-corrected chi connectivity index (χ3v) is 6.46. The molecule has 8 nitrogen and oxygen atoms in total. The second kappa shape index (κ2) is 7.39. The highest BCUT2D eigenvalue weighted by atomic mass is 16.5. The predicted molar refractivity (Wildman–Crippen MR) is 117 cm³/mol. The Morgan fingerprint density at radius 3 is 2.71 bits per heavy atom. The molecule has 2 aliphatic heterocycles. The molecule has 1 atom stereocenters. The van der Waals surface area contributed by atoms with Crippen molar-refractivity contribution in [1.82, 2.24) is 20.2 Å². The number of morpholine rings is 1. The number of fused-ring (bicyclic) bond motifs is 3. The zero-order chi connectivity index (χ0) is 20.8. The average Bonchev–Trinajstić information content (AvgIpc) is 3.31. The summed E-state index contributed by atoms with van der Waals surface area (Å²) in [5, 5.41) is 16.0. The number of hydrogen-bond donors (Lipinski definition) is 1. The van der Waals surface area contributed by atoms with E-state index in [9.17, 15) is 0 Å². The maximum absolute atomic E-state index is 5.48. The summed E-state index contributed by atoms with van der Waals surface area (Å²) in [5.74, 6) is 1.56. The molecule has 1 fully saturated rings. The Hall–Kier alpha value is -3.39. The lowest BCUT2D eigenvalue weighted by molar-refractivity contribution is 0.122. The van der Waals surface area contributed by atoms with Crippen molar-refractivity contribution in [3.63, 3.8) is 0 Å². The Morgan fingerprint density at radius 2 is 1.90 bits per heavy atom. The molecule has 1 N–H and O–H groups in total. The fourth-order valence-corrected chi connectivity index (χ4v) is 4.88. The molecule has 0 spiro atoms. The van der Waals surface area contributed by atoms with E-state index in [0.717, 1.165) is 50.6 Å². The van der Waals surface area contributed by atoms with E-state index in [-0.39, 0.29) is 6.04 Å². The molecule has 3 aromatic rings. The number of anilines is 2. The van der Waals surface area contributed by atoms with Crippen LogP contribution >= 0.6 is 0 Å². The minimum absolute atomic E-state index is 0.0183. The molecule has 2 aromatic carbocycles. The molecule has 6 rings (SSSR count). The van der Waals surface area contributed by atoms with E-state index in [1.165, 1.54) is 28.0 Å². The van der Waals surface area contributed by atoms with Crippen LogP contribution in [0.4, 0.5) is 11.6 Å². The molecule has 1 aromatic heterocycles. The topological polar surface area (TPSA) is 77.3 Å². The first-order valence-electron chi connectivity index (χ1n) is 10.7. The van der Waals surface area contributed by atoms with Crippen LogP contribution in [0.15, 0.2) is 48.0 Å². The third-order valence-electron chi connectivity index (χ3n) is 6.46. The van der Waals surface area contributed by atoms with Crippen molar-refractivity contribution in [2.75, 3.05) is 43.6 Å². The molecule has 1 aliphatic carbocycles. The standard InChI is InChI=1S/C23H24N6O2/c1-30-18-7-9-19-16(14-18)4-8-20-21(19)24-23-25-26-27-29(23)22(20)15-2-5-17(6-3-15)28-10-12-31-13-11-28/h2-3,5-7,9,14,22H,4,8,10-13H2,1H3,(H,24,25,27)/t22-/m0/s1. The van der Waals surface area contributed by atoms with Crippen molar-refractivity contribution < 1.29 is 9.47 Å². The number of tetrazole rings is 1. The maximum atomic E-state index is 5.48. The molecule has 3 heterocycles. The Balaban J connectivity index is 1.41. The van der Waals surface area contributed by atoms with Gasteiger partial charge in [-0.25, -0.2) is 0 Å². The van der Waals surface area contributed by atoms with Crippen LogP contribution in [-0.4, -0.2) is 53.6 Å². The molecule has 8 heteroatoms. The van der Waals surface area contributed by atoms with Gasteiger partial charge in [-0.2, -0.15) is 4.68 Å². The first-order chi connectivity index (χ1) is 15.3. The lowest BCUT2D eigenvalue weighted by atomic mass is 9.83. The van der Waals surface area contributed by atoms with Crippen molar-refractivity contribution in [1.29, 1.82) is 0 Å². The number of nitrogens with zero attached hydrogens (tertiary/aromatic N) is 5. The number of aryl methyl sites for hydroxylation is 1. The van der Waals surface area contributed by atoms with Gasteiger partial charge in [0.2, 0.25) is 5.95 Å². The van der Waals surface area contributed by atoms with Crippen molar-refractivity contribution in [2.24, 2.45) is 0 Å². The van der Waals surface area contributed by atoms with Crippen LogP contribution in [0, 0.1) is 0 Å². The van der Waals surface area contributed by atoms with Gasteiger partial charge in [0.05, 0.1) is 26.0 Å². The summed E-state index contributed by atoms with van der Waals surface area (Å²) in [4.78, 5) is 2.37. The predicted octanol–water partition coefficient (Wildman–Crippen LogP) is 2.89. The Bertz CT molecular complexity index is 1150. The highest BCUT2D eigenvalue weighted by Gasteiger charge is 2.34. The number of aromatic nitrogens is 4. The average molecular weight is 416 g/mol. The van der Waals surface area contributed by atoms with Gasteiger partial charge in [-0.15, -0.1) is 0 Å². The van der Waals surface area contributed by atoms with E-state index in [2.05, 4.69) is 62.1 Å². The summed E-state index contributed by atoms with van der Waals surface area (Å²) < 4.78 is 12.8. The number of rotatable bonds is 3. The fraction of sp³-hybridized carbons (Fsp3) is 0.348. The van der Waals surface area contributed by atoms with E-state index >= 15 is 0 Å². The smallest absolute Gasteiger partial charge is 0.248 e. The second-order valence-electron chi connectivity index (χ2n) is 8.09. The van der Waals surface area contributed by atoms with Gasteiger partial charge in [-0.05, 0) is 70.3 Å². The van der Waals surface area contributed by atoms with Gasteiger partial charge >= 0.3 is 0 Å². The normalized spacial score (nSPS) is 19.9. The quantitative estimate of drug-likeness (QED) is 0.703.